The summed E-state index contributed by atoms with van der Waals surface area (Å²) >= 11 is 0. The maximum atomic E-state index is 8.78. The number of primary amides is 1. The smallest absolute Gasteiger partial charge is 0.402 e. The molecule has 0 radical (unpaired) electrons. The Bertz CT molecular complexity index is 1520. The van der Waals surface area contributed by atoms with Crippen molar-refractivity contribution in [2.45, 2.75) is 38.1 Å². The molecule has 5 aromatic rings. The Morgan fingerprint density at radius 3 is 2.50 bits per heavy atom. The summed E-state index contributed by atoms with van der Waals surface area (Å²) in [5.74, 6) is 0.461. The quantitative estimate of drug-likeness (QED) is 0.330. The van der Waals surface area contributed by atoms with Gasteiger partial charge in [-0.2, -0.15) is 5.10 Å². The first-order chi connectivity index (χ1) is 17.5. The summed E-state index contributed by atoms with van der Waals surface area (Å²) in [4.78, 5) is 26.9. The second-order valence-corrected chi connectivity index (χ2v) is 8.70. The van der Waals surface area contributed by atoms with Gasteiger partial charge in [-0.05, 0) is 37.1 Å². The monoisotopic (exact) mass is 482 g/mol. The number of amides is 1. The maximum Gasteiger partial charge on any atom is 0.402 e. The predicted octanol–water partition coefficient (Wildman–Crippen LogP) is 4.81. The number of hydrogen-bond acceptors (Lipinski definition) is 7. The summed E-state index contributed by atoms with van der Waals surface area (Å²) in [5.41, 5.74) is 15.5. The van der Waals surface area contributed by atoms with E-state index in [1.54, 1.807) is 6.20 Å². The fourth-order valence-corrected chi connectivity index (χ4v) is 4.70. The molecule has 1 aromatic carbocycles. The first-order valence-electron chi connectivity index (χ1n) is 11.8. The topological polar surface area (TPSA) is 159 Å². The molecule has 1 amide bonds. The number of aromatic nitrogens is 6. The molecule has 4 heterocycles. The highest BCUT2D eigenvalue weighted by Crippen LogP contribution is 2.36. The van der Waals surface area contributed by atoms with Crippen LogP contribution >= 0.6 is 0 Å². The number of carbonyl (C=O) groups is 1. The summed E-state index contributed by atoms with van der Waals surface area (Å²) in [6.07, 6.45) is 7.94. The number of nitrogens with two attached hydrogens (primary N) is 2. The molecule has 10 heteroatoms. The van der Waals surface area contributed by atoms with E-state index in [9.17, 15) is 0 Å². The molecule has 182 valence electrons. The van der Waals surface area contributed by atoms with Crippen molar-refractivity contribution in [3.8, 4) is 22.6 Å². The van der Waals surface area contributed by atoms with Crippen LogP contribution < -0.4 is 11.5 Å². The van der Waals surface area contributed by atoms with E-state index in [-0.39, 0.29) is 0 Å². The van der Waals surface area contributed by atoms with E-state index in [4.69, 9.17) is 25.7 Å². The summed E-state index contributed by atoms with van der Waals surface area (Å²) in [6.45, 7) is 0. The van der Waals surface area contributed by atoms with Gasteiger partial charge in [0.25, 0.3) is 0 Å². The van der Waals surface area contributed by atoms with Gasteiger partial charge in [-0.25, -0.2) is 24.4 Å². The Morgan fingerprint density at radius 1 is 0.972 bits per heavy atom. The molecular formula is C26H26N8O2. The molecule has 0 aliphatic heterocycles. The molecule has 0 unspecified atom stereocenters. The Morgan fingerprint density at radius 2 is 1.75 bits per heavy atom. The van der Waals surface area contributed by atoms with E-state index in [2.05, 4.69) is 49.6 Å². The van der Waals surface area contributed by atoms with Crippen LogP contribution in [-0.4, -0.2) is 40.9 Å². The van der Waals surface area contributed by atoms with Gasteiger partial charge < -0.3 is 16.6 Å². The summed E-state index contributed by atoms with van der Waals surface area (Å²) in [6, 6.07) is 16.5. The predicted molar refractivity (Wildman–Crippen MR) is 138 cm³/mol. The van der Waals surface area contributed by atoms with Crippen LogP contribution in [0.5, 0.6) is 0 Å². The Hall–Kier alpha value is -4.60. The van der Waals surface area contributed by atoms with Crippen LogP contribution in [0, 0.1) is 0 Å². The normalized spacial score (nSPS) is 13.9. The summed E-state index contributed by atoms with van der Waals surface area (Å²) < 4.78 is 2.07. The van der Waals surface area contributed by atoms with E-state index < -0.39 is 6.09 Å². The molecule has 10 nitrogen and oxygen atoms in total. The average molecular weight is 483 g/mol. The van der Waals surface area contributed by atoms with Crippen molar-refractivity contribution in [3.05, 3.63) is 61.1 Å². The van der Waals surface area contributed by atoms with Gasteiger partial charge in [0.05, 0.1) is 28.3 Å². The highest BCUT2D eigenvalue weighted by atomic mass is 16.4. The van der Waals surface area contributed by atoms with Gasteiger partial charge in [-0.3, -0.25) is 4.98 Å². The lowest BCUT2D eigenvalue weighted by molar-refractivity contribution is 0.205. The standard InChI is InChI=1S/C25H23N7.CH3NO2/c26-24-22-23(31-32(25(22)29-15-28-24)18-6-2-1-3-7-18)17-10-9-16-11-12-20(30-21(16)14-17)19-8-4-5-13-27-19;2-1(3)4/h4-5,8-15,18H,1-3,6-7H2,(H2,26,28,29);2H2,(H,3,4). The number of fused-ring (bicyclic) bond motifs is 2. The zero-order valence-corrected chi connectivity index (χ0v) is 19.6. The number of benzene rings is 1. The maximum absolute atomic E-state index is 8.78. The molecule has 4 aromatic heterocycles. The molecule has 0 spiro atoms. The van der Waals surface area contributed by atoms with Crippen molar-refractivity contribution in [2.24, 2.45) is 5.73 Å². The molecule has 1 saturated carbocycles. The number of rotatable bonds is 3. The Kier molecular flexibility index (Phi) is 6.40. The van der Waals surface area contributed by atoms with Crippen molar-refractivity contribution in [3.63, 3.8) is 0 Å². The molecule has 0 atom stereocenters. The van der Waals surface area contributed by atoms with E-state index >= 15 is 0 Å². The van der Waals surface area contributed by atoms with Crippen LogP contribution in [0.15, 0.2) is 61.1 Å². The number of hydrogen-bond donors (Lipinski definition) is 3. The van der Waals surface area contributed by atoms with Crippen molar-refractivity contribution in [1.82, 2.24) is 29.7 Å². The van der Waals surface area contributed by atoms with Gasteiger partial charge in [0.15, 0.2) is 5.65 Å². The lowest BCUT2D eigenvalue weighted by Crippen LogP contribution is -2.14. The minimum absolute atomic E-state index is 0.351. The molecule has 5 N–H and O–H groups in total. The van der Waals surface area contributed by atoms with Crippen LogP contribution in [0.25, 0.3) is 44.6 Å². The van der Waals surface area contributed by atoms with Crippen LogP contribution in [-0.2, 0) is 0 Å². The van der Waals surface area contributed by atoms with Crippen molar-refractivity contribution in [2.75, 3.05) is 5.73 Å². The van der Waals surface area contributed by atoms with Gasteiger partial charge in [-0.1, -0.05) is 43.5 Å². The number of pyridine rings is 2. The molecule has 0 saturated heterocycles. The lowest BCUT2D eigenvalue weighted by Gasteiger charge is -2.22. The van der Waals surface area contributed by atoms with Gasteiger partial charge in [0, 0.05) is 17.1 Å². The van der Waals surface area contributed by atoms with Crippen LogP contribution in [0.3, 0.4) is 0 Å². The average Bonchev–Trinajstić information content (AvgIpc) is 3.30. The third-order valence-corrected chi connectivity index (χ3v) is 6.33. The third kappa shape index (κ3) is 4.65. The number of nitrogen functional groups attached to an aromatic ring is 1. The SMILES string of the molecule is NC(=O)O.Nc1ncnc2c1c(-c1ccc3ccc(-c4ccccn4)nc3c1)nn2C1CCCCC1. The second-order valence-electron chi connectivity index (χ2n) is 8.70. The first kappa shape index (κ1) is 23.2. The fraction of sp³-hybridized carbons (Fsp3) is 0.231. The Balaban J connectivity index is 0.000000623. The van der Waals surface area contributed by atoms with Crippen molar-refractivity contribution in [1.29, 1.82) is 0 Å². The van der Waals surface area contributed by atoms with E-state index in [0.717, 1.165) is 57.4 Å². The van der Waals surface area contributed by atoms with E-state index in [0.29, 0.717) is 11.9 Å². The highest BCUT2D eigenvalue weighted by Gasteiger charge is 2.23. The third-order valence-electron chi connectivity index (χ3n) is 6.33. The van der Waals surface area contributed by atoms with Gasteiger partial charge >= 0.3 is 6.09 Å². The molecular weight excluding hydrogens is 456 g/mol. The number of nitrogens with zero attached hydrogens (tertiary/aromatic N) is 6. The van der Waals surface area contributed by atoms with Gasteiger partial charge in [0.2, 0.25) is 0 Å². The molecule has 0 bridgehead atoms. The van der Waals surface area contributed by atoms with Crippen molar-refractivity contribution >= 4 is 33.8 Å². The molecule has 36 heavy (non-hydrogen) atoms. The minimum Gasteiger partial charge on any atom is -0.465 e. The van der Waals surface area contributed by atoms with Crippen LogP contribution in [0.4, 0.5) is 10.6 Å². The number of anilines is 1. The van der Waals surface area contributed by atoms with E-state index in [1.165, 1.54) is 25.6 Å². The summed E-state index contributed by atoms with van der Waals surface area (Å²) in [5, 5.41) is 14.1. The number of carboxylic acid groups (broad SMARTS) is 1. The van der Waals surface area contributed by atoms with E-state index in [1.807, 2.05) is 24.3 Å². The second kappa shape index (κ2) is 9.95. The highest BCUT2D eigenvalue weighted by molar-refractivity contribution is 6.00. The van der Waals surface area contributed by atoms with Gasteiger partial charge in [0.1, 0.15) is 17.8 Å². The zero-order valence-electron chi connectivity index (χ0n) is 19.6. The first-order valence-corrected chi connectivity index (χ1v) is 11.8. The Labute approximate surface area is 207 Å². The van der Waals surface area contributed by atoms with Gasteiger partial charge in [-0.15, -0.1) is 0 Å². The summed E-state index contributed by atoms with van der Waals surface area (Å²) in [7, 11) is 0. The molecule has 1 fully saturated rings. The molecule has 1 aliphatic rings. The van der Waals surface area contributed by atoms with Crippen molar-refractivity contribution < 1.29 is 9.90 Å². The molecule has 1 aliphatic carbocycles. The van der Waals surface area contributed by atoms with Crippen LogP contribution in [0.1, 0.15) is 38.1 Å². The largest absolute Gasteiger partial charge is 0.465 e. The fourth-order valence-electron chi connectivity index (χ4n) is 4.70. The minimum atomic E-state index is -1.33. The van der Waals surface area contributed by atoms with Crippen LogP contribution in [0.2, 0.25) is 0 Å². The molecule has 6 rings (SSSR count). The zero-order chi connectivity index (χ0) is 25.1. The lowest BCUT2D eigenvalue weighted by atomic mass is 9.96.